The summed E-state index contributed by atoms with van der Waals surface area (Å²) in [5.41, 5.74) is 8.33. The van der Waals surface area contributed by atoms with E-state index >= 15 is 0 Å². The van der Waals surface area contributed by atoms with E-state index in [9.17, 15) is 0 Å². The smallest absolute Gasteiger partial charge is 0.0237 e. The Bertz CT molecular complexity index is 380. The number of benzene rings is 1. The highest BCUT2D eigenvalue weighted by molar-refractivity contribution is 8.00. The molecular weight excluding hydrogens is 216 g/mol. The van der Waals surface area contributed by atoms with Crippen molar-refractivity contribution in [2.75, 3.05) is 12.3 Å². The molecule has 0 spiro atoms. The fourth-order valence-electron chi connectivity index (χ4n) is 2.76. The Morgan fingerprint density at radius 2 is 2.25 bits per heavy atom. The monoisotopic (exact) mass is 234 g/mol. The van der Waals surface area contributed by atoms with Gasteiger partial charge in [0.05, 0.1) is 0 Å². The van der Waals surface area contributed by atoms with Gasteiger partial charge in [0.25, 0.3) is 0 Å². The number of nitrogens with zero attached hydrogens (tertiary/aromatic N) is 1. The first-order valence-electron chi connectivity index (χ1n) is 5.98. The molecule has 0 aromatic heterocycles. The molecule has 0 saturated carbocycles. The van der Waals surface area contributed by atoms with Crippen molar-refractivity contribution in [1.29, 1.82) is 0 Å². The summed E-state index contributed by atoms with van der Waals surface area (Å²) in [5.74, 6) is 1.33. The van der Waals surface area contributed by atoms with Crippen LogP contribution in [-0.4, -0.2) is 28.5 Å². The van der Waals surface area contributed by atoms with Gasteiger partial charge in [-0.15, -0.1) is 0 Å². The van der Waals surface area contributed by atoms with Crippen molar-refractivity contribution in [3.63, 3.8) is 0 Å². The van der Waals surface area contributed by atoms with Crippen molar-refractivity contribution in [1.82, 2.24) is 4.90 Å². The third kappa shape index (κ3) is 1.99. The largest absolute Gasteiger partial charge is 0.326 e. The lowest BCUT2D eigenvalue weighted by Crippen LogP contribution is -2.33. The number of rotatable bonds is 3. The van der Waals surface area contributed by atoms with Crippen molar-refractivity contribution >= 4 is 11.8 Å². The topological polar surface area (TPSA) is 29.3 Å². The second-order valence-corrected chi connectivity index (χ2v) is 6.13. The Labute approximate surface area is 101 Å². The Kier molecular flexibility index (Phi) is 2.92. The van der Waals surface area contributed by atoms with Gasteiger partial charge in [-0.2, -0.15) is 11.8 Å². The number of hydrogen-bond donors (Lipinski definition) is 1. The lowest BCUT2D eigenvalue weighted by atomic mass is 10.1. The molecule has 2 saturated heterocycles. The van der Waals surface area contributed by atoms with E-state index in [0.717, 1.165) is 17.8 Å². The van der Waals surface area contributed by atoms with Crippen LogP contribution in [0, 0.1) is 0 Å². The van der Waals surface area contributed by atoms with Gasteiger partial charge in [-0.25, -0.2) is 0 Å². The summed E-state index contributed by atoms with van der Waals surface area (Å²) in [6.07, 6.45) is 1.40. The summed E-state index contributed by atoms with van der Waals surface area (Å²) >= 11 is 2.15. The summed E-state index contributed by atoms with van der Waals surface area (Å²) in [6.45, 7) is 3.04. The van der Waals surface area contributed by atoms with Crippen molar-refractivity contribution in [3.05, 3.63) is 35.4 Å². The maximum Gasteiger partial charge on any atom is 0.0237 e. The zero-order valence-electron chi connectivity index (χ0n) is 9.43. The van der Waals surface area contributed by atoms with Crippen LogP contribution >= 0.6 is 11.8 Å². The molecule has 0 aliphatic carbocycles. The summed E-state index contributed by atoms with van der Waals surface area (Å²) in [5, 5.41) is 0.905. The molecule has 2 fully saturated rings. The molecule has 3 rings (SSSR count). The van der Waals surface area contributed by atoms with E-state index in [-0.39, 0.29) is 0 Å². The predicted octanol–water partition coefficient (Wildman–Crippen LogP) is 1.83. The Morgan fingerprint density at radius 1 is 1.38 bits per heavy atom. The second-order valence-electron chi connectivity index (χ2n) is 4.80. The quantitative estimate of drug-likeness (QED) is 0.865. The average Bonchev–Trinajstić information content (AvgIpc) is 2.91. The van der Waals surface area contributed by atoms with E-state index in [0.29, 0.717) is 6.54 Å². The first kappa shape index (κ1) is 10.6. The van der Waals surface area contributed by atoms with Gasteiger partial charge in [-0.1, -0.05) is 24.3 Å². The summed E-state index contributed by atoms with van der Waals surface area (Å²) in [4.78, 5) is 2.64. The molecule has 3 heteroatoms. The lowest BCUT2D eigenvalue weighted by molar-refractivity contribution is 0.261. The van der Waals surface area contributed by atoms with Crippen LogP contribution in [0.2, 0.25) is 0 Å². The molecule has 2 N–H and O–H groups in total. The van der Waals surface area contributed by atoms with E-state index in [4.69, 9.17) is 5.73 Å². The van der Waals surface area contributed by atoms with Crippen LogP contribution in [0.5, 0.6) is 0 Å². The van der Waals surface area contributed by atoms with E-state index in [1.54, 1.807) is 0 Å². The van der Waals surface area contributed by atoms with Crippen LogP contribution < -0.4 is 5.73 Å². The van der Waals surface area contributed by atoms with Gasteiger partial charge in [0.2, 0.25) is 0 Å². The van der Waals surface area contributed by atoms with E-state index in [1.807, 2.05) is 0 Å². The molecule has 1 aromatic rings. The molecule has 86 valence electrons. The lowest BCUT2D eigenvalue weighted by Gasteiger charge is -2.26. The van der Waals surface area contributed by atoms with Crippen molar-refractivity contribution in [3.8, 4) is 0 Å². The molecule has 2 bridgehead atoms. The van der Waals surface area contributed by atoms with Crippen molar-refractivity contribution in [2.45, 2.75) is 30.8 Å². The van der Waals surface area contributed by atoms with Gasteiger partial charge in [0.1, 0.15) is 0 Å². The molecule has 2 aliphatic heterocycles. The van der Waals surface area contributed by atoms with E-state index < -0.39 is 0 Å². The van der Waals surface area contributed by atoms with Gasteiger partial charge >= 0.3 is 0 Å². The molecule has 0 amide bonds. The minimum absolute atomic E-state index is 0.649. The zero-order valence-corrected chi connectivity index (χ0v) is 10.2. The SMILES string of the molecule is NCc1cccc(CN2CC3CC2CS3)c1. The van der Waals surface area contributed by atoms with Gasteiger partial charge in [0, 0.05) is 36.7 Å². The van der Waals surface area contributed by atoms with E-state index in [2.05, 4.69) is 40.9 Å². The van der Waals surface area contributed by atoms with Gasteiger partial charge in [-0.3, -0.25) is 4.90 Å². The van der Waals surface area contributed by atoms with Crippen LogP contribution in [-0.2, 0) is 13.1 Å². The summed E-state index contributed by atoms with van der Waals surface area (Å²) in [6, 6.07) is 9.53. The highest BCUT2D eigenvalue weighted by Crippen LogP contribution is 2.38. The fraction of sp³-hybridized carbons (Fsp3) is 0.538. The van der Waals surface area contributed by atoms with Crippen LogP contribution in [0.1, 0.15) is 17.5 Å². The van der Waals surface area contributed by atoms with Crippen molar-refractivity contribution in [2.24, 2.45) is 5.73 Å². The van der Waals surface area contributed by atoms with Crippen molar-refractivity contribution < 1.29 is 0 Å². The number of likely N-dealkylation sites (tertiary alicyclic amines) is 1. The molecular formula is C13H18N2S. The Balaban J connectivity index is 1.69. The van der Waals surface area contributed by atoms with Crippen LogP contribution in [0.15, 0.2) is 24.3 Å². The molecule has 0 radical (unpaired) electrons. The normalized spacial score (nSPS) is 28.8. The molecule has 2 heterocycles. The highest BCUT2D eigenvalue weighted by Gasteiger charge is 2.38. The van der Waals surface area contributed by atoms with Crippen LogP contribution in [0.4, 0.5) is 0 Å². The standard InChI is InChI=1S/C13H18N2S/c14-6-10-2-1-3-11(4-10)7-15-8-13-5-12(15)9-16-13/h1-4,12-13H,5-9,14H2. The molecule has 1 aromatic carbocycles. The molecule has 2 aliphatic rings. The summed E-state index contributed by atoms with van der Waals surface area (Å²) < 4.78 is 0. The average molecular weight is 234 g/mol. The Morgan fingerprint density at radius 3 is 2.94 bits per heavy atom. The minimum Gasteiger partial charge on any atom is -0.326 e. The molecule has 2 unspecified atom stereocenters. The third-order valence-corrected chi connectivity index (χ3v) is 5.02. The molecule has 16 heavy (non-hydrogen) atoms. The fourth-order valence-corrected chi connectivity index (χ4v) is 4.26. The minimum atomic E-state index is 0.649. The first-order valence-corrected chi connectivity index (χ1v) is 7.03. The maximum atomic E-state index is 5.67. The number of hydrogen-bond acceptors (Lipinski definition) is 3. The Hall–Kier alpha value is -0.510. The third-order valence-electron chi connectivity index (χ3n) is 3.63. The van der Waals surface area contributed by atoms with Crippen LogP contribution in [0.25, 0.3) is 0 Å². The first-order chi connectivity index (χ1) is 7.85. The molecule has 2 nitrogen and oxygen atoms in total. The second kappa shape index (κ2) is 4.40. The zero-order chi connectivity index (χ0) is 11.0. The highest BCUT2D eigenvalue weighted by atomic mass is 32.2. The number of nitrogens with two attached hydrogens (primary N) is 1. The van der Waals surface area contributed by atoms with E-state index in [1.165, 1.54) is 29.8 Å². The maximum absolute atomic E-state index is 5.67. The number of fused-ring (bicyclic) bond motifs is 2. The van der Waals surface area contributed by atoms with Crippen LogP contribution in [0.3, 0.4) is 0 Å². The van der Waals surface area contributed by atoms with Gasteiger partial charge in [0.15, 0.2) is 0 Å². The number of thioether (sulfide) groups is 1. The molecule has 2 atom stereocenters. The summed E-state index contributed by atoms with van der Waals surface area (Å²) in [7, 11) is 0. The predicted molar refractivity (Wildman–Crippen MR) is 69.4 cm³/mol. The van der Waals surface area contributed by atoms with Gasteiger partial charge < -0.3 is 5.73 Å². The van der Waals surface area contributed by atoms with Gasteiger partial charge in [-0.05, 0) is 17.5 Å².